The molecule has 0 aliphatic heterocycles. The van der Waals surface area contributed by atoms with Crippen molar-refractivity contribution in [2.45, 2.75) is 65.2 Å². The minimum Gasteiger partial charge on any atom is -0.0623 e. The van der Waals surface area contributed by atoms with Crippen molar-refractivity contribution in [1.29, 1.82) is 0 Å². The smallest absolute Gasteiger partial charge is 0.0380 e. The Labute approximate surface area is 101 Å². The molecule has 3 rings (SSSR count). The van der Waals surface area contributed by atoms with E-state index in [1.165, 1.54) is 12.8 Å². The molecule has 3 fully saturated rings. The zero-order valence-electron chi connectivity index (χ0n) is 11.1. The van der Waals surface area contributed by atoms with Gasteiger partial charge in [0.05, 0.1) is 0 Å². The molecule has 3 aliphatic rings. The summed E-state index contributed by atoms with van der Waals surface area (Å²) in [6.45, 7) is 4.94. The lowest BCUT2D eigenvalue weighted by Crippen LogP contribution is -2.24. The summed E-state index contributed by atoms with van der Waals surface area (Å²) in [4.78, 5) is 0. The lowest BCUT2D eigenvalue weighted by atomic mass is 9.71. The molecule has 0 nitrogen and oxygen atoms in total. The zero-order valence-corrected chi connectivity index (χ0v) is 11.1. The first-order valence-electron chi connectivity index (χ1n) is 7.72. The normalized spacial score (nSPS) is 52.1. The van der Waals surface area contributed by atoms with Crippen molar-refractivity contribution in [3.05, 3.63) is 0 Å². The molecule has 2 bridgehead atoms. The summed E-state index contributed by atoms with van der Waals surface area (Å²) in [6, 6.07) is 0. The van der Waals surface area contributed by atoms with Crippen LogP contribution in [0.4, 0.5) is 0 Å². The fourth-order valence-corrected chi connectivity index (χ4v) is 4.97. The maximum atomic E-state index is 2.48. The molecule has 6 unspecified atom stereocenters. The number of rotatable bonds is 2. The van der Waals surface area contributed by atoms with Crippen molar-refractivity contribution in [1.82, 2.24) is 0 Å². The van der Waals surface area contributed by atoms with E-state index in [-0.39, 0.29) is 0 Å². The van der Waals surface area contributed by atoms with Crippen LogP contribution < -0.4 is 0 Å². The molecule has 3 saturated carbocycles. The Morgan fingerprint density at radius 1 is 0.812 bits per heavy atom. The van der Waals surface area contributed by atoms with Crippen LogP contribution in [-0.2, 0) is 0 Å². The van der Waals surface area contributed by atoms with Crippen molar-refractivity contribution in [2.75, 3.05) is 0 Å². The lowest BCUT2D eigenvalue weighted by molar-refractivity contribution is 0.163. The molecule has 0 saturated heterocycles. The molecule has 0 heteroatoms. The van der Waals surface area contributed by atoms with Gasteiger partial charge in [-0.05, 0) is 67.6 Å². The summed E-state index contributed by atoms with van der Waals surface area (Å²) in [6.07, 6.45) is 12.5. The molecule has 0 aromatic rings. The maximum Gasteiger partial charge on any atom is -0.0380 e. The highest BCUT2D eigenvalue weighted by Crippen LogP contribution is 2.51. The number of hydrogen-bond donors (Lipinski definition) is 0. The van der Waals surface area contributed by atoms with Gasteiger partial charge in [-0.2, -0.15) is 0 Å². The van der Waals surface area contributed by atoms with Gasteiger partial charge < -0.3 is 0 Å². The predicted octanol–water partition coefficient (Wildman–Crippen LogP) is 4.89. The third-order valence-corrected chi connectivity index (χ3v) is 6.23. The van der Waals surface area contributed by atoms with Gasteiger partial charge >= 0.3 is 0 Å². The highest BCUT2D eigenvalue weighted by Gasteiger charge is 2.40. The van der Waals surface area contributed by atoms with E-state index in [4.69, 9.17) is 0 Å². The van der Waals surface area contributed by atoms with Gasteiger partial charge in [0.1, 0.15) is 0 Å². The van der Waals surface area contributed by atoms with Crippen molar-refractivity contribution < 1.29 is 0 Å². The zero-order chi connectivity index (χ0) is 11.1. The van der Waals surface area contributed by atoms with E-state index in [0.29, 0.717) is 0 Å². The summed E-state index contributed by atoms with van der Waals surface area (Å²) < 4.78 is 0. The number of fused-ring (bicyclic) bond motifs is 2. The Kier molecular flexibility index (Phi) is 3.02. The fourth-order valence-electron chi connectivity index (χ4n) is 4.97. The van der Waals surface area contributed by atoms with Crippen LogP contribution in [-0.4, -0.2) is 0 Å². The topological polar surface area (TPSA) is 0 Å². The van der Waals surface area contributed by atoms with E-state index in [0.717, 1.165) is 35.5 Å². The van der Waals surface area contributed by atoms with Gasteiger partial charge in [-0.3, -0.25) is 0 Å². The molecule has 0 aromatic heterocycles. The summed E-state index contributed by atoms with van der Waals surface area (Å²) in [5.74, 6) is 6.53. The molecule has 16 heavy (non-hydrogen) atoms. The van der Waals surface area contributed by atoms with Crippen molar-refractivity contribution in [3.63, 3.8) is 0 Å². The van der Waals surface area contributed by atoms with E-state index in [1.807, 2.05) is 0 Å². The number of hydrogen-bond acceptors (Lipinski definition) is 0. The molecule has 0 aromatic carbocycles. The Morgan fingerprint density at radius 2 is 1.69 bits per heavy atom. The Morgan fingerprint density at radius 3 is 2.31 bits per heavy atom. The van der Waals surface area contributed by atoms with Gasteiger partial charge in [-0.1, -0.05) is 33.1 Å². The molecular weight excluding hydrogens is 192 g/mol. The van der Waals surface area contributed by atoms with E-state index in [9.17, 15) is 0 Å². The van der Waals surface area contributed by atoms with Crippen LogP contribution in [0.3, 0.4) is 0 Å². The quantitative estimate of drug-likeness (QED) is 0.622. The minimum atomic E-state index is 0.997. The summed E-state index contributed by atoms with van der Waals surface area (Å²) in [5.41, 5.74) is 0. The first kappa shape index (κ1) is 11.1. The maximum absolute atomic E-state index is 2.48. The molecule has 92 valence electrons. The largest absolute Gasteiger partial charge is 0.0623 e. The third kappa shape index (κ3) is 2.05. The molecule has 3 aliphatic carbocycles. The second-order valence-corrected chi connectivity index (χ2v) is 7.30. The Hall–Kier alpha value is 0. The summed E-state index contributed by atoms with van der Waals surface area (Å²) in [5, 5.41) is 0. The van der Waals surface area contributed by atoms with Gasteiger partial charge in [-0.25, -0.2) is 0 Å². The van der Waals surface area contributed by atoms with Gasteiger partial charge in [0, 0.05) is 0 Å². The Balaban J connectivity index is 1.52. The highest BCUT2D eigenvalue weighted by molar-refractivity contribution is 4.91. The van der Waals surface area contributed by atoms with Crippen molar-refractivity contribution in [3.8, 4) is 0 Å². The van der Waals surface area contributed by atoms with Crippen LogP contribution >= 0.6 is 0 Å². The molecule has 0 spiro atoms. The molecular formula is C16H28. The van der Waals surface area contributed by atoms with Crippen molar-refractivity contribution >= 4 is 0 Å². The van der Waals surface area contributed by atoms with Crippen LogP contribution in [0, 0.1) is 35.5 Å². The van der Waals surface area contributed by atoms with Crippen LogP contribution in [0.2, 0.25) is 0 Å². The average Bonchev–Trinajstić information content (AvgIpc) is 2.85. The average molecular weight is 220 g/mol. The molecule has 6 atom stereocenters. The van der Waals surface area contributed by atoms with Gasteiger partial charge in [0.15, 0.2) is 0 Å². The third-order valence-electron chi connectivity index (χ3n) is 6.23. The van der Waals surface area contributed by atoms with Gasteiger partial charge in [0.2, 0.25) is 0 Å². The monoisotopic (exact) mass is 220 g/mol. The summed E-state index contributed by atoms with van der Waals surface area (Å²) >= 11 is 0. The first-order chi connectivity index (χ1) is 7.72. The minimum absolute atomic E-state index is 0.997. The van der Waals surface area contributed by atoms with Gasteiger partial charge in [0.25, 0.3) is 0 Å². The second kappa shape index (κ2) is 4.35. The van der Waals surface area contributed by atoms with Crippen LogP contribution in [0.5, 0.6) is 0 Å². The SMILES string of the molecule is CC1CCC(CC2CC3CCC2C3)CC1C. The van der Waals surface area contributed by atoms with Crippen LogP contribution in [0.1, 0.15) is 65.2 Å². The standard InChI is InChI=1S/C16H28/c1-11-3-4-13(7-12(11)2)9-16-10-14-5-6-15(16)8-14/h11-16H,3-10H2,1-2H3. The molecule has 0 heterocycles. The van der Waals surface area contributed by atoms with E-state index < -0.39 is 0 Å². The highest BCUT2D eigenvalue weighted by atomic mass is 14.5. The second-order valence-electron chi connectivity index (χ2n) is 7.30. The lowest BCUT2D eigenvalue weighted by Gasteiger charge is -2.35. The molecule has 0 radical (unpaired) electrons. The van der Waals surface area contributed by atoms with Crippen LogP contribution in [0.15, 0.2) is 0 Å². The Bertz CT molecular complexity index is 244. The van der Waals surface area contributed by atoms with Crippen LogP contribution in [0.25, 0.3) is 0 Å². The molecule has 0 amide bonds. The van der Waals surface area contributed by atoms with E-state index in [2.05, 4.69) is 13.8 Å². The predicted molar refractivity (Wildman–Crippen MR) is 69.2 cm³/mol. The fraction of sp³-hybridized carbons (Fsp3) is 1.00. The van der Waals surface area contributed by atoms with Crippen molar-refractivity contribution in [2.24, 2.45) is 35.5 Å². The molecule has 0 N–H and O–H groups in total. The first-order valence-corrected chi connectivity index (χ1v) is 7.72. The van der Waals surface area contributed by atoms with Gasteiger partial charge in [-0.15, -0.1) is 0 Å². The van der Waals surface area contributed by atoms with E-state index in [1.54, 1.807) is 38.5 Å². The van der Waals surface area contributed by atoms with E-state index >= 15 is 0 Å². The summed E-state index contributed by atoms with van der Waals surface area (Å²) in [7, 11) is 0.